The van der Waals surface area contributed by atoms with Crippen LogP contribution in [0.15, 0.2) is 0 Å². The molecule has 0 heterocycles. The van der Waals surface area contributed by atoms with Crippen molar-refractivity contribution in [2.24, 2.45) is 5.92 Å². The average Bonchev–Trinajstić information content (AvgIpc) is 2.33. The molecule has 0 spiro atoms. The first-order valence-electron chi connectivity index (χ1n) is 7.54. The Kier molecular flexibility index (Phi) is 6.95. The average molecular weight is 304 g/mol. The van der Waals surface area contributed by atoms with Crippen LogP contribution in [0.5, 0.6) is 0 Å². The Bertz CT molecular complexity index is 401. The maximum Gasteiger partial charge on any atom is 0.220 e. The minimum atomic E-state index is -3.20. The number of carbonyl (C=O) groups is 1. The molecule has 118 valence electrons. The Labute approximate surface area is 123 Å². The number of nitrogens with one attached hydrogen (secondary N) is 1. The molecule has 0 saturated heterocycles. The van der Waals surface area contributed by atoms with Crippen LogP contribution >= 0.6 is 0 Å². The maximum absolute atomic E-state index is 11.9. The van der Waals surface area contributed by atoms with Crippen LogP contribution in [0.2, 0.25) is 0 Å². The molecule has 1 amide bonds. The number of amides is 1. The molecule has 1 N–H and O–H groups in total. The highest BCUT2D eigenvalue weighted by Crippen LogP contribution is 2.23. The van der Waals surface area contributed by atoms with Gasteiger partial charge in [-0.25, -0.2) is 8.42 Å². The van der Waals surface area contributed by atoms with Crippen molar-refractivity contribution in [3.63, 3.8) is 0 Å². The van der Waals surface area contributed by atoms with Gasteiger partial charge in [0, 0.05) is 25.6 Å². The molecule has 0 aromatic carbocycles. The topological polar surface area (TPSA) is 66.5 Å². The first-order valence-corrected chi connectivity index (χ1v) is 9.39. The Hall–Kier alpha value is -0.620. The molecule has 5 nitrogen and oxygen atoms in total. The van der Waals surface area contributed by atoms with Gasteiger partial charge in [0.05, 0.1) is 6.26 Å². The molecule has 0 bridgehead atoms. The molecule has 0 aromatic heterocycles. The fraction of sp³-hybridized carbons (Fsp3) is 0.929. The zero-order chi connectivity index (χ0) is 15.2. The van der Waals surface area contributed by atoms with Gasteiger partial charge in [0.1, 0.15) is 0 Å². The van der Waals surface area contributed by atoms with Crippen LogP contribution in [0.4, 0.5) is 0 Å². The van der Waals surface area contributed by atoms with E-state index in [0.717, 1.165) is 25.7 Å². The van der Waals surface area contributed by atoms with Crippen LogP contribution in [-0.2, 0) is 14.8 Å². The molecule has 1 rings (SSSR count). The normalized spacial score (nSPS) is 17.6. The van der Waals surface area contributed by atoms with E-state index in [4.69, 9.17) is 0 Å². The number of hydrogen-bond acceptors (Lipinski definition) is 3. The van der Waals surface area contributed by atoms with E-state index in [1.807, 2.05) is 13.8 Å². The highest BCUT2D eigenvalue weighted by Gasteiger charge is 2.27. The number of hydrogen-bond donors (Lipinski definition) is 1. The van der Waals surface area contributed by atoms with Gasteiger partial charge in [-0.1, -0.05) is 33.1 Å². The Morgan fingerprint density at radius 1 is 1.25 bits per heavy atom. The van der Waals surface area contributed by atoms with Gasteiger partial charge in [0.15, 0.2) is 0 Å². The molecular weight excluding hydrogens is 276 g/mol. The zero-order valence-corrected chi connectivity index (χ0v) is 13.7. The second-order valence-electron chi connectivity index (χ2n) is 6.11. The SMILES string of the molecule is CC(C)CC(=O)NCCN(C1CCCCC1)S(C)(=O)=O. The van der Waals surface area contributed by atoms with Gasteiger partial charge in [-0.05, 0) is 18.8 Å². The third kappa shape index (κ3) is 6.22. The quantitative estimate of drug-likeness (QED) is 0.779. The fourth-order valence-corrected chi connectivity index (χ4v) is 3.91. The molecule has 1 aliphatic rings. The Balaban J connectivity index is 2.47. The van der Waals surface area contributed by atoms with Gasteiger partial charge in [-0.15, -0.1) is 0 Å². The summed E-state index contributed by atoms with van der Waals surface area (Å²) in [7, 11) is -3.20. The van der Waals surface area contributed by atoms with Gasteiger partial charge in [-0.2, -0.15) is 4.31 Å². The summed E-state index contributed by atoms with van der Waals surface area (Å²) in [5, 5.41) is 2.81. The van der Waals surface area contributed by atoms with Crippen molar-refractivity contribution in [1.29, 1.82) is 0 Å². The van der Waals surface area contributed by atoms with Gasteiger partial charge in [0.25, 0.3) is 0 Å². The van der Waals surface area contributed by atoms with E-state index in [2.05, 4.69) is 5.32 Å². The lowest BCUT2D eigenvalue weighted by molar-refractivity contribution is -0.121. The van der Waals surface area contributed by atoms with Crippen molar-refractivity contribution in [2.45, 2.75) is 58.4 Å². The lowest BCUT2D eigenvalue weighted by Crippen LogP contribution is -2.45. The van der Waals surface area contributed by atoms with E-state index in [1.54, 1.807) is 4.31 Å². The van der Waals surface area contributed by atoms with E-state index in [0.29, 0.717) is 25.4 Å². The summed E-state index contributed by atoms with van der Waals surface area (Å²) in [5.74, 6) is 0.316. The van der Waals surface area contributed by atoms with Crippen LogP contribution in [-0.4, -0.2) is 44.0 Å². The summed E-state index contributed by atoms with van der Waals surface area (Å²) in [5.41, 5.74) is 0. The third-order valence-electron chi connectivity index (χ3n) is 3.66. The second kappa shape index (κ2) is 7.98. The minimum absolute atomic E-state index is 0.00269. The second-order valence-corrected chi connectivity index (χ2v) is 8.05. The van der Waals surface area contributed by atoms with E-state index >= 15 is 0 Å². The Morgan fingerprint density at radius 3 is 2.35 bits per heavy atom. The molecule has 1 saturated carbocycles. The van der Waals surface area contributed by atoms with Crippen LogP contribution in [0, 0.1) is 5.92 Å². The van der Waals surface area contributed by atoms with Crippen LogP contribution in [0.25, 0.3) is 0 Å². The monoisotopic (exact) mass is 304 g/mol. The van der Waals surface area contributed by atoms with Crippen molar-refractivity contribution in [2.75, 3.05) is 19.3 Å². The van der Waals surface area contributed by atoms with Gasteiger partial charge in [0.2, 0.25) is 15.9 Å². The summed E-state index contributed by atoms with van der Waals surface area (Å²) in [6, 6.07) is 0.112. The van der Waals surface area contributed by atoms with Crippen molar-refractivity contribution in [3.05, 3.63) is 0 Å². The molecular formula is C14H28N2O3S. The number of sulfonamides is 1. The summed E-state index contributed by atoms with van der Waals surface area (Å²) in [6.45, 7) is 4.76. The lowest BCUT2D eigenvalue weighted by Gasteiger charge is -2.32. The summed E-state index contributed by atoms with van der Waals surface area (Å²) in [4.78, 5) is 11.6. The van der Waals surface area contributed by atoms with Crippen LogP contribution in [0.3, 0.4) is 0 Å². The molecule has 0 aliphatic heterocycles. The number of rotatable bonds is 7. The predicted molar refractivity (Wildman–Crippen MR) is 80.9 cm³/mol. The first kappa shape index (κ1) is 17.4. The molecule has 1 aliphatic carbocycles. The molecule has 1 fully saturated rings. The predicted octanol–water partition coefficient (Wildman–Crippen LogP) is 1.74. The molecule has 0 aromatic rings. The standard InChI is InChI=1S/C14H28N2O3S/c1-12(2)11-14(17)15-9-10-16(20(3,18)19)13-7-5-4-6-8-13/h12-13H,4-11H2,1-3H3,(H,15,17). The summed E-state index contributed by atoms with van der Waals surface area (Å²) in [6.07, 6.45) is 7.01. The number of nitrogens with zero attached hydrogens (tertiary/aromatic N) is 1. The highest BCUT2D eigenvalue weighted by molar-refractivity contribution is 7.88. The zero-order valence-electron chi connectivity index (χ0n) is 12.9. The van der Waals surface area contributed by atoms with Gasteiger partial charge in [-0.3, -0.25) is 4.79 Å². The van der Waals surface area contributed by atoms with Crippen molar-refractivity contribution in [3.8, 4) is 0 Å². The fourth-order valence-electron chi connectivity index (χ4n) is 2.74. The van der Waals surface area contributed by atoms with Crippen molar-refractivity contribution in [1.82, 2.24) is 9.62 Å². The maximum atomic E-state index is 11.9. The largest absolute Gasteiger partial charge is 0.355 e. The number of carbonyl (C=O) groups excluding carboxylic acids is 1. The highest BCUT2D eigenvalue weighted by atomic mass is 32.2. The molecule has 0 atom stereocenters. The molecule has 0 radical (unpaired) electrons. The van der Waals surface area contributed by atoms with E-state index in [1.165, 1.54) is 12.7 Å². The van der Waals surface area contributed by atoms with Crippen molar-refractivity contribution >= 4 is 15.9 Å². The van der Waals surface area contributed by atoms with E-state index in [9.17, 15) is 13.2 Å². The molecule has 0 unspecified atom stereocenters. The first-order chi connectivity index (χ1) is 9.30. The lowest BCUT2D eigenvalue weighted by atomic mass is 9.95. The molecule has 20 heavy (non-hydrogen) atoms. The van der Waals surface area contributed by atoms with Gasteiger partial charge >= 0.3 is 0 Å². The summed E-state index contributed by atoms with van der Waals surface area (Å²) >= 11 is 0. The van der Waals surface area contributed by atoms with Crippen LogP contribution in [0.1, 0.15) is 52.4 Å². The minimum Gasteiger partial charge on any atom is -0.355 e. The molecule has 6 heteroatoms. The smallest absolute Gasteiger partial charge is 0.220 e. The summed E-state index contributed by atoms with van der Waals surface area (Å²) < 4.78 is 25.4. The van der Waals surface area contributed by atoms with E-state index < -0.39 is 10.0 Å². The van der Waals surface area contributed by atoms with Crippen molar-refractivity contribution < 1.29 is 13.2 Å². The van der Waals surface area contributed by atoms with Gasteiger partial charge < -0.3 is 5.32 Å². The van der Waals surface area contributed by atoms with E-state index in [-0.39, 0.29) is 11.9 Å². The third-order valence-corrected chi connectivity index (χ3v) is 4.99. The van der Waals surface area contributed by atoms with Crippen LogP contribution < -0.4 is 5.32 Å². The Morgan fingerprint density at radius 2 is 1.85 bits per heavy atom.